The first-order valence-corrected chi connectivity index (χ1v) is 13.4. The fourth-order valence-electron chi connectivity index (χ4n) is 5.36. The number of benzene rings is 3. The van der Waals surface area contributed by atoms with Gasteiger partial charge in [-0.1, -0.05) is 32.0 Å². The molecule has 1 aliphatic rings. The summed E-state index contributed by atoms with van der Waals surface area (Å²) in [6.45, 7) is 12.8. The molecule has 196 valence electrons. The Morgan fingerprint density at radius 2 is 1.74 bits per heavy atom. The molecule has 0 amide bonds. The first-order valence-electron chi connectivity index (χ1n) is 13.4. The van der Waals surface area contributed by atoms with Gasteiger partial charge in [0.05, 0.1) is 24.2 Å². The first-order chi connectivity index (χ1) is 18.3. The molecule has 1 saturated heterocycles. The first kappa shape index (κ1) is 25.7. The molecule has 4 aromatic rings. The summed E-state index contributed by atoms with van der Waals surface area (Å²) in [4.78, 5) is 21.2. The van der Waals surface area contributed by atoms with E-state index in [1.165, 1.54) is 34.3 Å². The van der Waals surface area contributed by atoms with E-state index < -0.39 is 0 Å². The fourth-order valence-corrected chi connectivity index (χ4v) is 5.36. The Balaban J connectivity index is 1.68. The van der Waals surface area contributed by atoms with Crippen molar-refractivity contribution in [2.24, 2.45) is 5.10 Å². The summed E-state index contributed by atoms with van der Waals surface area (Å²) in [5.74, 6) is 1.60. The van der Waals surface area contributed by atoms with E-state index >= 15 is 0 Å². The molecular formula is C32H36N4O2. The van der Waals surface area contributed by atoms with Gasteiger partial charge in [0.25, 0.3) is 5.56 Å². The number of para-hydroxylation sites is 1. The molecule has 6 nitrogen and oxygen atoms in total. The monoisotopic (exact) mass is 508 g/mol. The number of hydrogen-bond donors (Lipinski definition) is 0. The molecule has 0 saturated carbocycles. The van der Waals surface area contributed by atoms with Crippen LogP contribution in [0.5, 0.6) is 5.75 Å². The Hall–Kier alpha value is -3.93. The molecule has 0 atom stereocenters. The topological polar surface area (TPSA) is 59.7 Å². The highest BCUT2D eigenvalue weighted by Crippen LogP contribution is 2.34. The summed E-state index contributed by atoms with van der Waals surface area (Å²) < 4.78 is 7.11. The van der Waals surface area contributed by atoms with E-state index in [-0.39, 0.29) is 11.5 Å². The van der Waals surface area contributed by atoms with Crippen LogP contribution in [0.1, 0.15) is 60.4 Å². The van der Waals surface area contributed by atoms with E-state index in [9.17, 15) is 4.79 Å². The standard InChI is InChI=1S/C32H36N4O2/c1-20(2)26-18-27(21(3)17-30(26)38-6)31-34-28-12-8-7-11-25(28)32(37)36(31)33-19-24-13-14-29(23(5)22(24)4)35-15-9-10-16-35/h7-8,11-14,17-20H,9-10,15-16H2,1-6H3. The third-order valence-electron chi connectivity index (χ3n) is 7.75. The highest BCUT2D eigenvalue weighted by atomic mass is 16.5. The highest BCUT2D eigenvalue weighted by molar-refractivity contribution is 5.85. The maximum absolute atomic E-state index is 13.8. The van der Waals surface area contributed by atoms with Crippen molar-refractivity contribution in [3.8, 4) is 17.1 Å². The van der Waals surface area contributed by atoms with Crippen molar-refractivity contribution in [2.45, 2.75) is 53.4 Å². The second-order valence-corrected chi connectivity index (χ2v) is 10.5. The number of hydrogen-bond acceptors (Lipinski definition) is 5. The summed E-state index contributed by atoms with van der Waals surface area (Å²) in [7, 11) is 1.69. The lowest BCUT2D eigenvalue weighted by Crippen LogP contribution is -2.21. The predicted octanol–water partition coefficient (Wildman–Crippen LogP) is 6.60. The van der Waals surface area contributed by atoms with Crippen LogP contribution < -0.4 is 15.2 Å². The van der Waals surface area contributed by atoms with Crippen molar-refractivity contribution in [1.29, 1.82) is 0 Å². The third kappa shape index (κ3) is 4.60. The van der Waals surface area contributed by atoms with Crippen LogP contribution in [-0.2, 0) is 0 Å². The molecule has 6 heteroatoms. The van der Waals surface area contributed by atoms with Gasteiger partial charge in [-0.2, -0.15) is 9.78 Å². The van der Waals surface area contributed by atoms with Crippen molar-refractivity contribution in [2.75, 3.05) is 25.1 Å². The van der Waals surface area contributed by atoms with Crippen LogP contribution in [0, 0.1) is 20.8 Å². The van der Waals surface area contributed by atoms with Crippen molar-refractivity contribution < 1.29 is 4.74 Å². The summed E-state index contributed by atoms with van der Waals surface area (Å²) in [5, 5.41) is 5.30. The van der Waals surface area contributed by atoms with E-state index in [2.05, 4.69) is 50.8 Å². The summed E-state index contributed by atoms with van der Waals surface area (Å²) >= 11 is 0. The van der Waals surface area contributed by atoms with E-state index in [1.807, 2.05) is 31.2 Å². The number of aromatic nitrogens is 2. The Morgan fingerprint density at radius 1 is 1.00 bits per heavy atom. The number of aryl methyl sites for hydroxylation is 1. The summed E-state index contributed by atoms with van der Waals surface area (Å²) in [6, 6.07) is 15.8. The Morgan fingerprint density at radius 3 is 2.45 bits per heavy atom. The summed E-state index contributed by atoms with van der Waals surface area (Å²) in [6.07, 6.45) is 4.27. The SMILES string of the molecule is COc1cc(C)c(-c2nc3ccccc3c(=O)n2N=Cc2ccc(N3CCCC3)c(C)c2C)cc1C(C)C. The summed E-state index contributed by atoms with van der Waals surface area (Å²) in [5.41, 5.74) is 8.08. The highest BCUT2D eigenvalue weighted by Gasteiger charge is 2.19. The van der Waals surface area contributed by atoms with E-state index in [0.29, 0.717) is 16.7 Å². The van der Waals surface area contributed by atoms with Crippen molar-refractivity contribution in [3.05, 3.63) is 86.7 Å². The van der Waals surface area contributed by atoms with Crippen LogP contribution in [0.4, 0.5) is 5.69 Å². The molecule has 1 aliphatic heterocycles. The van der Waals surface area contributed by atoms with Gasteiger partial charge in [-0.25, -0.2) is 4.98 Å². The fraction of sp³-hybridized carbons (Fsp3) is 0.344. The van der Waals surface area contributed by atoms with Gasteiger partial charge in [0.15, 0.2) is 5.82 Å². The van der Waals surface area contributed by atoms with E-state index in [1.54, 1.807) is 19.4 Å². The minimum absolute atomic E-state index is 0.189. The van der Waals surface area contributed by atoms with Crippen LogP contribution in [0.25, 0.3) is 22.3 Å². The van der Waals surface area contributed by atoms with Gasteiger partial charge in [-0.05, 0) is 97.7 Å². The van der Waals surface area contributed by atoms with Crippen LogP contribution in [0.2, 0.25) is 0 Å². The zero-order valence-corrected chi connectivity index (χ0v) is 23.2. The smallest absolute Gasteiger partial charge is 0.282 e. The number of anilines is 1. The van der Waals surface area contributed by atoms with E-state index in [0.717, 1.165) is 41.1 Å². The van der Waals surface area contributed by atoms with Crippen LogP contribution >= 0.6 is 0 Å². The quantitative estimate of drug-likeness (QED) is 0.275. The third-order valence-corrected chi connectivity index (χ3v) is 7.75. The zero-order chi connectivity index (χ0) is 27.0. The molecule has 0 spiro atoms. The second kappa shape index (κ2) is 10.4. The molecule has 0 N–H and O–H groups in total. The van der Waals surface area contributed by atoms with Crippen LogP contribution in [0.15, 0.2) is 58.4 Å². The molecule has 38 heavy (non-hydrogen) atoms. The van der Waals surface area contributed by atoms with Gasteiger partial charge < -0.3 is 9.64 Å². The van der Waals surface area contributed by atoms with Gasteiger partial charge >= 0.3 is 0 Å². The van der Waals surface area contributed by atoms with Gasteiger partial charge in [0.1, 0.15) is 5.75 Å². The normalized spacial score (nSPS) is 13.8. The molecule has 2 heterocycles. The number of ether oxygens (including phenoxy) is 1. The number of rotatable bonds is 6. The van der Waals surface area contributed by atoms with Crippen LogP contribution in [-0.4, -0.2) is 36.1 Å². The lowest BCUT2D eigenvalue weighted by atomic mass is 9.96. The average Bonchev–Trinajstić information content (AvgIpc) is 3.44. The Kier molecular flexibility index (Phi) is 7.06. The lowest BCUT2D eigenvalue weighted by Gasteiger charge is -2.22. The average molecular weight is 509 g/mol. The predicted molar refractivity (Wildman–Crippen MR) is 157 cm³/mol. The molecule has 0 bridgehead atoms. The van der Waals surface area contributed by atoms with Gasteiger partial charge in [0.2, 0.25) is 0 Å². The molecule has 0 aliphatic carbocycles. The van der Waals surface area contributed by atoms with Crippen LogP contribution in [0.3, 0.4) is 0 Å². The maximum atomic E-state index is 13.8. The second-order valence-electron chi connectivity index (χ2n) is 10.5. The Bertz CT molecular complexity index is 1590. The Labute approximate surface area is 224 Å². The zero-order valence-electron chi connectivity index (χ0n) is 23.2. The molecule has 3 aromatic carbocycles. The number of methoxy groups -OCH3 is 1. The van der Waals surface area contributed by atoms with E-state index in [4.69, 9.17) is 14.8 Å². The largest absolute Gasteiger partial charge is 0.496 e. The molecular weight excluding hydrogens is 472 g/mol. The molecule has 1 fully saturated rings. The minimum Gasteiger partial charge on any atom is -0.496 e. The van der Waals surface area contributed by atoms with Crippen molar-refractivity contribution >= 4 is 22.8 Å². The maximum Gasteiger partial charge on any atom is 0.282 e. The number of nitrogens with zero attached hydrogens (tertiary/aromatic N) is 4. The molecule has 0 unspecified atom stereocenters. The lowest BCUT2D eigenvalue weighted by molar-refractivity contribution is 0.407. The van der Waals surface area contributed by atoms with Crippen molar-refractivity contribution in [1.82, 2.24) is 9.66 Å². The molecule has 1 aromatic heterocycles. The van der Waals surface area contributed by atoms with Gasteiger partial charge in [-0.15, -0.1) is 0 Å². The van der Waals surface area contributed by atoms with Gasteiger partial charge in [-0.3, -0.25) is 4.79 Å². The number of fused-ring (bicyclic) bond motifs is 1. The van der Waals surface area contributed by atoms with Gasteiger partial charge in [0, 0.05) is 24.3 Å². The molecule has 5 rings (SSSR count). The van der Waals surface area contributed by atoms with Crippen molar-refractivity contribution in [3.63, 3.8) is 0 Å². The molecule has 0 radical (unpaired) electrons. The minimum atomic E-state index is -0.189.